The molecule has 12 heteroatoms. The summed E-state index contributed by atoms with van der Waals surface area (Å²) in [5, 5.41) is 9.27. The molecule has 0 aliphatic rings. The van der Waals surface area contributed by atoms with Crippen molar-refractivity contribution in [1.29, 1.82) is 0 Å². The van der Waals surface area contributed by atoms with Gasteiger partial charge in [0.25, 0.3) is 0 Å². The lowest BCUT2D eigenvalue weighted by molar-refractivity contribution is 0.158. The molecule has 0 atom stereocenters. The predicted molar refractivity (Wildman–Crippen MR) is 115 cm³/mol. The highest BCUT2D eigenvalue weighted by molar-refractivity contribution is 7.09. The number of hydrogen-bond donors (Lipinski definition) is 2. The van der Waals surface area contributed by atoms with Crippen molar-refractivity contribution in [1.82, 2.24) is 24.7 Å². The first kappa shape index (κ1) is 23.1. The quantitative estimate of drug-likeness (QED) is 0.543. The van der Waals surface area contributed by atoms with Crippen molar-refractivity contribution >= 4 is 28.8 Å². The van der Waals surface area contributed by atoms with E-state index in [1.165, 1.54) is 17.0 Å². The number of anilines is 1. The number of aryl methyl sites for hydroxylation is 1. The molecule has 170 valence electrons. The van der Waals surface area contributed by atoms with Gasteiger partial charge in [0, 0.05) is 31.0 Å². The van der Waals surface area contributed by atoms with Crippen LogP contribution in [-0.2, 0) is 13.1 Å². The van der Waals surface area contributed by atoms with Gasteiger partial charge in [0.1, 0.15) is 11.5 Å². The molecule has 0 unspecified atom stereocenters. The van der Waals surface area contributed by atoms with E-state index < -0.39 is 12.1 Å². The molecule has 2 aromatic heterocycles. The maximum absolute atomic E-state index is 13.2. The van der Waals surface area contributed by atoms with Crippen molar-refractivity contribution in [3.63, 3.8) is 0 Å². The van der Waals surface area contributed by atoms with Crippen LogP contribution in [-0.4, -0.2) is 38.6 Å². The van der Waals surface area contributed by atoms with Crippen LogP contribution in [0.4, 0.5) is 19.1 Å². The predicted octanol–water partition coefficient (Wildman–Crippen LogP) is 4.05. The maximum atomic E-state index is 13.2. The van der Waals surface area contributed by atoms with Gasteiger partial charge in [-0.1, -0.05) is 31.1 Å². The lowest BCUT2D eigenvalue weighted by atomic mass is 10.1. The Morgan fingerprint density at radius 3 is 2.84 bits per heavy atom. The summed E-state index contributed by atoms with van der Waals surface area (Å²) in [7, 11) is 1.54. The van der Waals surface area contributed by atoms with Crippen molar-refractivity contribution in [3.05, 3.63) is 52.9 Å². The van der Waals surface area contributed by atoms with Crippen molar-refractivity contribution in [3.8, 4) is 5.75 Å². The Morgan fingerprint density at radius 2 is 2.12 bits per heavy atom. The molecule has 0 aliphatic heterocycles. The number of ether oxygens (including phenoxy) is 1. The summed E-state index contributed by atoms with van der Waals surface area (Å²) < 4.78 is 28.0. The number of nitrogens with zero attached hydrogens (tertiary/aromatic N) is 4. The number of aromatic nitrogens is 3. The van der Waals surface area contributed by atoms with Crippen LogP contribution in [0.1, 0.15) is 42.6 Å². The number of hydrogen-bond acceptors (Lipinski definition) is 8. The smallest absolute Gasteiger partial charge is 0.404 e. The lowest BCUT2D eigenvalue weighted by Crippen LogP contribution is -2.30. The Kier molecular flexibility index (Phi) is 7.36. The van der Waals surface area contributed by atoms with Gasteiger partial charge in [0.05, 0.1) is 6.54 Å². The molecule has 0 saturated carbocycles. The molecule has 0 fully saturated rings. The van der Waals surface area contributed by atoms with E-state index in [1.54, 1.807) is 26.1 Å². The van der Waals surface area contributed by atoms with Crippen molar-refractivity contribution in [2.45, 2.75) is 39.8 Å². The van der Waals surface area contributed by atoms with Gasteiger partial charge in [-0.3, -0.25) is 5.32 Å². The van der Waals surface area contributed by atoms with E-state index in [1.807, 2.05) is 13.8 Å². The van der Waals surface area contributed by atoms with E-state index >= 15 is 0 Å². The second kappa shape index (κ2) is 10.2. The molecule has 1 aromatic carbocycles. The minimum Gasteiger partial charge on any atom is -0.404 e. The Labute approximate surface area is 187 Å². The molecule has 0 radical (unpaired) electrons. The van der Waals surface area contributed by atoms with E-state index in [-0.39, 0.29) is 30.0 Å². The van der Waals surface area contributed by atoms with Gasteiger partial charge in [0.15, 0.2) is 17.3 Å². The minimum absolute atomic E-state index is 0.00482. The fraction of sp³-hybridized carbons (Fsp3) is 0.350. The molecule has 0 aliphatic carbocycles. The van der Waals surface area contributed by atoms with E-state index in [9.17, 15) is 14.0 Å². The summed E-state index contributed by atoms with van der Waals surface area (Å²) in [6, 6.07) is 5.43. The van der Waals surface area contributed by atoms with Gasteiger partial charge >= 0.3 is 12.1 Å². The normalized spacial score (nSPS) is 10.8. The van der Waals surface area contributed by atoms with Crippen LogP contribution in [0.5, 0.6) is 5.75 Å². The second-order valence-electron chi connectivity index (χ2n) is 7.29. The van der Waals surface area contributed by atoms with Crippen LogP contribution in [0, 0.1) is 12.7 Å². The highest BCUT2D eigenvalue weighted by Gasteiger charge is 2.23. The Balaban J connectivity index is 1.51. The van der Waals surface area contributed by atoms with Crippen LogP contribution in [0.3, 0.4) is 0 Å². The van der Waals surface area contributed by atoms with E-state index in [0.717, 1.165) is 11.5 Å². The number of rotatable bonds is 7. The summed E-state index contributed by atoms with van der Waals surface area (Å²) in [5.41, 5.74) is 1.11. The molecule has 3 aromatic rings. The van der Waals surface area contributed by atoms with Crippen LogP contribution < -0.4 is 15.4 Å². The lowest BCUT2D eigenvalue weighted by Gasteiger charge is -2.15. The van der Waals surface area contributed by atoms with Crippen LogP contribution in [0.15, 0.2) is 28.8 Å². The highest BCUT2D eigenvalue weighted by Crippen LogP contribution is 2.30. The highest BCUT2D eigenvalue weighted by atomic mass is 32.1. The number of carbonyl (C=O) groups excluding carboxylic acids is 2. The number of nitrogens with one attached hydrogen (secondary N) is 2. The van der Waals surface area contributed by atoms with Crippen LogP contribution in [0.25, 0.3) is 0 Å². The molecular weight excluding hydrogens is 439 g/mol. The molecule has 2 heterocycles. The zero-order chi connectivity index (χ0) is 23.3. The Morgan fingerprint density at radius 1 is 1.34 bits per heavy atom. The molecule has 0 saturated heterocycles. The molecular formula is C20H23FN6O4S. The average molecular weight is 463 g/mol. The van der Waals surface area contributed by atoms with E-state index in [0.29, 0.717) is 28.6 Å². The standard InChI is InChI=1S/C20H23FN6O4S/c1-11(2)16-17(12(3)25-31-16)30-20(29)27(4)10-15-23-19(32-26-15)24-18(28)22-9-13-6-5-7-14(21)8-13/h5-8,11H,9-10H2,1-4H3,(H2,22,23,24,26,28). The van der Waals surface area contributed by atoms with E-state index in [4.69, 9.17) is 9.26 Å². The molecule has 32 heavy (non-hydrogen) atoms. The summed E-state index contributed by atoms with van der Waals surface area (Å²) in [4.78, 5) is 30.0. The largest absolute Gasteiger partial charge is 0.415 e. The molecule has 3 amide bonds. The van der Waals surface area contributed by atoms with Gasteiger partial charge < -0.3 is 19.5 Å². The maximum Gasteiger partial charge on any atom is 0.415 e. The second-order valence-corrected chi connectivity index (χ2v) is 8.05. The number of amides is 3. The third-order valence-corrected chi connectivity index (χ3v) is 4.94. The van der Waals surface area contributed by atoms with Crippen molar-refractivity contribution in [2.24, 2.45) is 0 Å². The molecule has 0 spiro atoms. The van der Waals surface area contributed by atoms with Gasteiger partial charge in [-0.25, -0.2) is 19.0 Å². The van der Waals surface area contributed by atoms with Gasteiger partial charge in [0.2, 0.25) is 5.13 Å². The van der Waals surface area contributed by atoms with E-state index in [2.05, 4.69) is 25.1 Å². The summed E-state index contributed by atoms with van der Waals surface area (Å²) in [6.07, 6.45) is -0.615. The number of carbonyl (C=O) groups is 2. The first-order chi connectivity index (χ1) is 15.2. The molecule has 3 rings (SSSR count). The third-order valence-electron chi connectivity index (χ3n) is 4.27. The number of halogens is 1. The minimum atomic E-state index is -0.615. The summed E-state index contributed by atoms with van der Waals surface area (Å²) in [6.45, 7) is 5.73. The Hall–Kier alpha value is -3.54. The zero-order valence-electron chi connectivity index (χ0n) is 18.0. The monoisotopic (exact) mass is 462 g/mol. The molecule has 0 bridgehead atoms. The zero-order valence-corrected chi connectivity index (χ0v) is 18.8. The van der Waals surface area contributed by atoms with Crippen molar-refractivity contribution < 1.29 is 23.2 Å². The average Bonchev–Trinajstić information content (AvgIpc) is 3.33. The van der Waals surface area contributed by atoms with Gasteiger partial charge in [-0.2, -0.15) is 4.37 Å². The fourth-order valence-corrected chi connectivity index (χ4v) is 3.23. The Bertz CT molecular complexity index is 1100. The fourth-order valence-electron chi connectivity index (χ4n) is 2.65. The van der Waals surface area contributed by atoms with Crippen molar-refractivity contribution in [2.75, 3.05) is 12.4 Å². The van der Waals surface area contributed by atoms with Gasteiger partial charge in [-0.05, 0) is 24.6 Å². The first-order valence-electron chi connectivity index (χ1n) is 9.74. The number of benzene rings is 1. The molecule has 10 nitrogen and oxygen atoms in total. The summed E-state index contributed by atoms with van der Waals surface area (Å²) in [5.74, 6) is 0.763. The summed E-state index contributed by atoms with van der Waals surface area (Å²) >= 11 is 0.973. The van der Waals surface area contributed by atoms with Crippen LogP contribution >= 0.6 is 11.5 Å². The molecule has 2 N–H and O–H groups in total. The number of urea groups is 1. The first-order valence-corrected chi connectivity index (χ1v) is 10.5. The van der Waals surface area contributed by atoms with Crippen LogP contribution in [0.2, 0.25) is 0 Å². The topological polar surface area (TPSA) is 122 Å². The SMILES string of the molecule is Cc1noc(C(C)C)c1OC(=O)N(C)Cc1nsc(NC(=O)NCc2cccc(F)c2)n1. The third kappa shape index (κ3) is 6.00. The van der Waals surface area contributed by atoms with Gasteiger partial charge in [-0.15, -0.1) is 0 Å².